The molecular formula is C12H16ClN5. The van der Waals surface area contributed by atoms with Gasteiger partial charge in [-0.05, 0) is 38.4 Å². The maximum Gasteiger partial charge on any atom is 0.165 e. The second-order valence-electron chi connectivity index (χ2n) is 4.41. The Bertz CT molecular complexity index is 566. The van der Waals surface area contributed by atoms with E-state index in [0.717, 1.165) is 24.0 Å². The number of hydrogen-bond acceptors (Lipinski definition) is 5. The van der Waals surface area contributed by atoms with Gasteiger partial charge < -0.3 is 11.1 Å². The normalized spacial score (nSPS) is 18.8. The van der Waals surface area contributed by atoms with Crippen LogP contribution in [0.4, 0.5) is 5.82 Å². The van der Waals surface area contributed by atoms with E-state index in [1.165, 1.54) is 6.42 Å². The van der Waals surface area contributed by atoms with Gasteiger partial charge in [0.05, 0.1) is 11.1 Å². The van der Waals surface area contributed by atoms with Crippen molar-refractivity contribution < 1.29 is 0 Å². The molecule has 0 bridgehead atoms. The lowest BCUT2D eigenvalue weighted by atomic mass is 10.1. The molecule has 3 N–H and O–H groups in total. The van der Waals surface area contributed by atoms with Crippen molar-refractivity contribution in [1.82, 2.24) is 20.3 Å². The summed E-state index contributed by atoms with van der Waals surface area (Å²) in [7, 11) is 0. The molecule has 0 radical (unpaired) electrons. The van der Waals surface area contributed by atoms with Gasteiger partial charge in [-0.25, -0.2) is 15.0 Å². The van der Waals surface area contributed by atoms with Crippen LogP contribution in [0.5, 0.6) is 0 Å². The average Bonchev–Trinajstić information content (AvgIpc) is 2.81. The number of anilines is 1. The zero-order valence-corrected chi connectivity index (χ0v) is 11.0. The molecule has 0 aromatic carbocycles. The number of pyridine rings is 1. The molecule has 18 heavy (non-hydrogen) atoms. The van der Waals surface area contributed by atoms with Gasteiger partial charge in [0, 0.05) is 6.04 Å². The molecule has 0 aliphatic carbocycles. The Hall–Kier alpha value is -1.46. The Morgan fingerprint density at radius 3 is 2.83 bits per heavy atom. The maximum absolute atomic E-state index is 5.85. The Morgan fingerprint density at radius 2 is 2.11 bits per heavy atom. The summed E-state index contributed by atoms with van der Waals surface area (Å²) >= 11 is 0. The first-order valence-electron chi connectivity index (χ1n) is 5.88. The van der Waals surface area contributed by atoms with E-state index in [4.69, 9.17) is 5.73 Å². The van der Waals surface area contributed by atoms with Gasteiger partial charge in [0.1, 0.15) is 11.6 Å². The van der Waals surface area contributed by atoms with E-state index in [1.807, 2.05) is 19.1 Å². The number of aromatic nitrogens is 3. The molecule has 1 aliphatic heterocycles. The fourth-order valence-corrected chi connectivity index (χ4v) is 2.29. The summed E-state index contributed by atoms with van der Waals surface area (Å²) in [5, 5.41) is 4.26. The first kappa shape index (κ1) is 13.0. The molecule has 2 aromatic rings. The van der Waals surface area contributed by atoms with Gasteiger partial charge in [-0.1, -0.05) is 0 Å². The molecule has 96 valence electrons. The Balaban J connectivity index is 0.00000120. The van der Waals surface area contributed by atoms with Crippen molar-refractivity contribution in [2.45, 2.75) is 25.8 Å². The standard InChI is InChI=1S/C12H15N5.ClH/c1-7-15-11(13)8-4-5-10(17-12(8)16-7)9-3-2-6-14-9;/h4-5,9,14H,2-3,6H2,1H3,(H2,13,15,16,17);1H. The average molecular weight is 266 g/mol. The number of nitrogens with one attached hydrogen (secondary N) is 1. The minimum absolute atomic E-state index is 0. The quantitative estimate of drug-likeness (QED) is 0.822. The molecule has 6 heteroatoms. The lowest BCUT2D eigenvalue weighted by Crippen LogP contribution is -2.14. The van der Waals surface area contributed by atoms with E-state index in [-0.39, 0.29) is 12.4 Å². The summed E-state index contributed by atoms with van der Waals surface area (Å²) in [5.41, 5.74) is 7.60. The summed E-state index contributed by atoms with van der Waals surface area (Å²) in [6.45, 7) is 2.90. The van der Waals surface area contributed by atoms with Crippen molar-refractivity contribution in [2.75, 3.05) is 12.3 Å². The van der Waals surface area contributed by atoms with Gasteiger partial charge in [-0.3, -0.25) is 0 Å². The number of halogens is 1. The van der Waals surface area contributed by atoms with Gasteiger partial charge >= 0.3 is 0 Å². The van der Waals surface area contributed by atoms with Crippen LogP contribution in [0.15, 0.2) is 12.1 Å². The van der Waals surface area contributed by atoms with Gasteiger partial charge in [0.2, 0.25) is 0 Å². The zero-order valence-electron chi connectivity index (χ0n) is 10.2. The van der Waals surface area contributed by atoms with Crippen molar-refractivity contribution in [3.05, 3.63) is 23.7 Å². The Kier molecular flexibility index (Phi) is 3.63. The fraction of sp³-hybridized carbons (Fsp3) is 0.417. The maximum atomic E-state index is 5.85. The number of aryl methyl sites for hydroxylation is 1. The Labute approximate surface area is 112 Å². The van der Waals surface area contributed by atoms with Crippen molar-refractivity contribution in [3.63, 3.8) is 0 Å². The lowest BCUT2D eigenvalue weighted by Gasteiger charge is -2.10. The van der Waals surface area contributed by atoms with Crippen LogP contribution in [0.1, 0.15) is 30.4 Å². The molecule has 2 aromatic heterocycles. The number of rotatable bonds is 1. The molecule has 5 nitrogen and oxygen atoms in total. The number of nitrogens with two attached hydrogens (primary N) is 1. The van der Waals surface area contributed by atoms with Gasteiger partial charge in [0.15, 0.2) is 5.65 Å². The van der Waals surface area contributed by atoms with Gasteiger partial charge in [-0.2, -0.15) is 0 Å². The van der Waals surface area contributed by atoms with E-state index in [2.05, 4.69) is 20.3 Å². The van der Waals surface area contributed by atoms with E-state index >= 15 is 0 Å². The second kappa shape index (κ2) is 5.04. The van der Waals surface area contributed by atoms with Crippen LogP contribution < -0.4 is 11.1 Å². The highest BCUT2D eigenvalue weighted by atomic mass is 35.5. The third kappa shape index (κ3) is 2.23. The molecule has 0 saturated carbocycles. The molecule has 1 aliphatic rings. The lowest BCUT2D eigenvalue weighted by molar-refractivity contribution is 0.630. The van der Waals surface area contributed by atoms with Crippen LogP contribution in [0, 0.1) is 6.92 Å². The van der Waals surface area contributed by atoms with E-state index in [0.29, 0.717) is 23.3 Å². The number of fused-ring (bicyclic) bond motifs is 1. The number of hydrogen-bond donors (Lipinski definition) is 2. The highest BCUT2D eigenvalue weighted by Crippen LogP contribution is 2.24. The highest BCUT2D eigenvalue weighted by molar-refractivity contribution is 5.85. The largest absolute Gasteiger partial charge is 0.383 e. The van der Waals surface area contributed by atoms with Crippen LogP contribution in [0.25, 0.3) is 11.0 Å². The van der Waals surface area contributed by atoms with E-state index in [9.17, 15) is 0 Å². The summed E-state index contributed by atoms with van der Waals surface area (Å²) in [6.07, 6.45) is 2.34. The van der Waals surface area contributed by atoms with Crippen LogP contribution >= 0.6 is 12.4 Å². The molecule has 1 atom stereocenters. The minimum Gasteiger partial charge on any atom is -0.383 e. The van der Waals surface area contributed by atoms with Crippen molar-refractivity contribution in [2.24, 2.45) is 0 Å². The van der Waals surface area contributed by atoms with Crippen LogP contribution in [-0.4, -0.2) is 21.5 Å². The second-order valence-corrected chi connectivity index (χ2v) is 4.41. The molecule has 0 spiro atoms. The topological polar surface area (TPSA) is 76.7 Å². The molecule has 3 heterocycles. The van der Waals surface area contributed by atoms with Crippen molar-refractivity contribution >= 4 is 29.3 Å². The van der Waals surface area contributed by atoms with Crippen LogP contribution in [0.3, 0.4) is 0 Å². The highest BCUT2D eigenvalue weighted by Gasteiger charge is 2.18. The number of nitrogens with zero attached hydrogens (tertiary/aromatic N) is 3. The number of nitrogen functional groups attached to an aromatic ring is 1. The Morgan fingerprint density at radius 1 is 1.28 bits per heavy atom. The molecule has 1 fully saturated rings. The SMILES string of the molecule is Cc1nc(N)c2ccc(C3CCCN3)nc2n1.Cl. The summed E-state index contributed by atoms with van der Waals surface area (Å²) in [6, 6.07) is 4.34. The van der Waals surface area contributed by atoms with Gasteiger partial charge in [-0.15, -0.1) is 12.4 Å². The zero-order chi connectivity index (χ0) is 11.8. The first-order chi connectivity index (χ1) is 8.24. The minimum atomic E-state index is 0. The molecule has 1 unspecified atom stereocenters. The predicted molar refractivity (Wildman–Crippen MR) is 73.7 cm³/mol. The third-order valence-corrected chi connectivity index (χ3v) is 3.14. The predicted octanol–water partition coefficient (Wildman–Crippen LogP) is 1.76. The van der Waals surface area contributed by atoms with Crippen molar-refractivity contribution in [3.8, 4) is 0 Å². The molecule has 3 rings (SSSR count). The molecular weight excluding hydrogens is 250 g/mol. The summed E-state index contributed by atoms with van der Waals surface area (Å²) < 4.78 is 0. The van der Waals surface area contributed by atoms with E-state index < -0.39 is 0 Å². The fourth-order valence-electron chi connectivity index (χ4n) is 2.29. The third-order valence-electron chi connectivity index (χ3n) is 3.14. The summed E-state index contributed by atoms with van der Waals surface area (Å²) in [5.74, 6) is 1.17. The molecule has 1 saturated heterocycles. The monoisotopic (exact) mass is 265 g/mol. The first-order valence-corrected chi connectivity index (χ1v) is 5.88. The van der Waals surface area contributed by atoms with E-state index in [1.54, 1.807) is 0 Å². The van der Waals surface area contributed by atoms with Crippen LogP contribution in [-0.2, 0) is 0 Å². The van der Waals surface area contributed by atoms with Crippen LogP contribution in [0.2, 0.25) is 0 Å². The van der Waals surface area contributed by atoms with Gasteiger partial charge in [0.25, 0.3) is 0 Å². The van der Waals surface area contributed by atoms with Crippen molar-refractivity contribution in [1.29, 1.82) is 0 Å². The summed E-state index contributed by atoms with van der Waals surface area (Å²) in [4.78, 5) is 13.1. The molecule has 0 amide bonds. The smallest absolute Gasteiger partial charge is 0.165 e.